The molecule has 0 aliphatic heterocycles. The van der Waals surface area contributed by atoms with E-state index in [1.807, 2.05) is 0 Å². The van der Waals surface area contributed by atoms with Gasteiger partial charge in [0.15, 0.2) is 0 Å². The van der Waals surface area contributed by atoms with Crippen molar-refractivity contribution in [1.82, 2.24) is 0 Å². The molecule has 0 saturated heterocycles. The summed E-state index contributed by atoms with van der Waals surface area (Å²) in [5.41, 5.74) is 0. The van der Waals surface area contributed by atoms with Gasteiger partial charge >= 0.3 is 11.9 Å². The summed E-state index contributed by atoms with van der Waals surface area (Å²) in [6.07, 6.45) is 38.6. The molecule has 0 aliphatic rings. The van der Waals surface area contributed by atoms with Gasteiger partial charge in [0.25, 0.3) is 0 Å². The maximum Gasteiger partial charge on any atom is 0.305 e. The van der Waals surface area contributed by atoms with Gasteiger partial charge in [-0.15, -0.1) is 0 Å². The standard InChI is InChI=1S/C42H82O4/c1-5-9-13-15-17-19-21-23-27-33-39(31-25-11-7-3)37-45-41(43)35-29-30-36-42(44)46-38-40(32-26-12-8-4)34-28-24-22-20-18-16-14-10-6-2/h39-40H,5-38H2,1-4H3. The molecule has 46 heavy (non-hydrogen) atoms. The lowest BCUT2D eigenvalue weighted by atomic mass is 9.95. The van der Waals surface area contributed by atoms with Crippen molar-refractivity contribution in [1.29, 1.82) is 0 Å². The topological polar surface area (TPSA) is 52.6 Å². The number of unbranched alkanes of at least 4 members (excludes halogenated alkanes) is 21. The molecular formula is C42H82O4. The molecule has 0 bridgehead atoms. The molecule has 4 heteroatoms. The third kappa shape index (κ3) is 32.9. The maximum absolute atomic E-state index is 12.5. The summed E-state index contributed by atoms with van der Waals surface area (Å²) in [5.74, 6) is 0.794. The molecule has 0 amide bonds. The predicted octanol–water partition coefficient (Wildman–Crippen LogP) is 13.9. The van der Waals surface area contributed by atoms with Gasteiger partial charge in [-0.05, 0) is 50.4 Å². The zero-order valence-electron chi connectivity index (χ0n) is 31.8. The zero-order chi connectivity index (χ0) is 33.8. The monoisotopic (exact) mass is 651 g/mol. The van der Waals surface area contributed by atoms with Crippen molar-refractivity contribution >= 4 is 11.9 Å². The average Bonchev–Trinajstić information content (AvgIpc) is 3.06. The second-order valence-corrected chi connectivity index (χ2v) is 14.5. The van der Waals surface area contributed by atoms with Gasteiger partial charge in [-0.3, -0.25) is 9.59 Å². The molecule has 0 rings (SSSR count). The highest BCUT2D eigenvalue weighted by Gasteiger charge is 2.14. The van der Waals surface area contributed by atoms with Crippen molar-refractivity contribution in [2.45, 2.75) is 233 Å². The van der Waals surface area contributed by atoms with E-state index >= 15 is 0 Å². The van der Waals surface area contributed by atoms with E-state index < -0.39 is 0 Å². The van der Waals surface area contributed by atoms with Crippen LogP contribution in [-0.4, -0.2) is 25.2 Å². The molecule has 2 atom stereocenters. The van der Waals surface area contributed by atoms with E-state index in [1.54, 1.807) is 0 Å². The predicted molar refractivity (Wildman–Crippen MR) is 199 cm³/mol. The first-order valence-electron chi connectivity index (χ1n) is 20.9. The van der Waals surface area contributed by atoms with Crippen molar-refractivity contribution in [2.75, 3.05) is 13.2 Å². The van der Waals surface area contributed by atoms with E-state index in [-0.39, 0.29) is 11.9 Å². The highest BCUT2D eigenvalue weighted by atomic mass is 16.5. The second kappa shape index (κ2) is 36.8. The van der Waals surface area contributed by atoms with Crippen LogP contribution < -0.4 is 0 Å². The molecule has 0 saturated carbocycles. The SMILES string of the molecule is CCCCCCCCCCCC(CCCCC)COC(=O)CCCCC(=O)OCC(CCCCC)CCCCCCCCCCC. The number of carbonyl (C=O) groups is 2. The Labute approximate surface area is 288 Å². The Kier molecular flexibility index (Phi) is 35.9. The van der Waals surface area contributed by atoms with Gasteiger partial charge in [0.05, 0.1) is 13.2 Å². The van der Waals surface area contributed by atoms with Crippen molar-refractivity contribution in [2.24, 2.45) is 11.8 Å². The van der Waals surface area contributed by atoms with Gasteiger partial charge < -0.3 is 9.47 Å². The number of ether oxygens (including phenoxy) is 2. The van der Waals surface area contributed by atoms with E-state index in [1.165, 1.54) is 180 Å². The van der Waals surface area contributed by atoms with E-state index in [2.05, 4.69) is 27.7 Å². The largest absolute Gasteiger partial charge is 0.465 e. The molecule has 0 N–H and O–H groups in total. The van der Waals surface area contributed by atoms with Crippen LogP contribution in [0, 0.1) is 11.8 Å². The molecule has 274 valence electrons. The summed E-state index contributed by atoms with van der Waals surface area (Å²) < 4.78 is 11.5. The van der Waals surface area contributed by atoms with Gasteiger partial charge in [-0.1, -0.05) is 182 Å². The summed E-state index contributed by atoms with van der Waals surface area (Å²) in [7, 11) is 0. The Hall–Kier alpha value is -1.06. The lowest BCUT2D eigenvalue weighted by Gasteiger charge is -2.17. The number of hydrogen-bond donors (Lipinski definition) is 0. The van der Waals surface area contributed by atoms with Crippen LogP contribution in [-0.2, 0) is 19.1 Å². The molecule has 0 heterocycles. The van der Waals surface area contributed by atoms with Crippen molar-refractivity contribution in [3.63, 3.8) is 0 Å². The molecule has 0 radical (unpaired) electrons. The average molecular weight is 651 g/mol. The molecule has 0 spiro atoms. The third-order valence-corrected chi connectivity index (χ3v) is 9.84. The normalized spacial score (nSPS) is 12.7. The second-order valence-electron chi connectivity index (χ2n) is 14.5. The van der Waals surface area contributed by atoms with Gasteiger partial charge in [0.2, 0.25) is 0 Å². The Morgan fingerprint density at radius 1 is 0.348 bits per heavy atom. The van der Waals surface area contributed by atoms with Crippen LogP contribution in [0.3, 0.4) is 0 Å². The van der Waals surface area contributed by atoms with Crippen LogP contribution in [0.25, 0.3) is 0 Å². The van der Waals surface area contributed by atoms with Gasteiger partial charge in [-0.2, -0.15) is 0 Å². The molecule has 0 aromatic heterocycles. The first-order valence-corrected chi connectivity index (χ1v) is 20.9. The van der Waals surface area contributed by atoms with Crippen LogP contribution in [0.15, 0.2) is 0 Å². The quantitative estimate of drug-likeness (QED) is 0.0496. The van der Waals surface area contributed by atoms with Crippen LogP contribution in [0.1, 0.15) is 233 Å². The number of hydrogen-bond acceptors (Lipinski definition) is 4. The number of esters is 2. The van der Waals surface area contributed by atoms with Gasteiger partial charge in [0, 0.05) is 12.8 Å². The fourth-order valence-corrected chi connectivity index (χ4v) is 6.58. The number of carbonyl (C=O) groups excluding carboxylic acids is 2. The summed E-state index contributed by atoms with van der Waals surface area (Å²) in [4.78, 5) is 24.9. The Morgan fingerprint density at radius 3 is 0.891 bits per heavy atom. The molecule has 4 nitrogen and oxygen atoms in total. The highest BCUT2D eigenvalue weighted by molar-refractivity contribution is 5.70. The van der Waals surface area contributed by atoms with Crippen molar-refractivity contribution in [3.05, 3.63) is 0 Å². The van der Waals surface area contributed by atoms with Crippen LogP contribution >= 0.6 is 0 Å². The Morgan fingerprint density at radius 2 is 0.587 bits per heavy atom. The smallest absolute Gasteiger partial charge is 0.305 e. The zero-order valence-corrected chi connectivity index (χ0v) is 31.8. The highest BCUT2D eigenvalue weighted by Crippen LogP contribution is 2.21. The minimum absolute atomic E-state index is 0.0992. The molecule has 0 aliphatic carbocycles. The maximum atomic E-state index is 12.5. The van der Waals surface area contributed by atoms with Crippen molar-refractivity contribution < 1.29 is 19.1 Å². The fourth-order valence-electron chi connectivity index (χ4n) is 6.58. The summed E-state index contributed by atoms with van der Waals surface area (Å²) in [6, 6.07) is 0. The van der Waals surface area contributed by atoms with Crippen LogP contribution in [0.5, 0.6) is 0 Å². The Balaban J connectivity index is 4.14. The summed E-state index contributed by atoms with van der Waals surface area (Å²) in [6.45, 7) is 10.2. The molecule has 0 fully saturated rings. The molecule has 0 aromatic carbocycles. The minimum Gasteiger partial charge on any atom is -0.465 e. The van der Waals surface area contributed by atoms with E-state index in [0.717, 1.165) is 0 Å². The first kappa shape index (κ1) is 44.9. The molecule has 0 aromatic rings. The lowest BCUT2D eigenvalue weighted by molar-refractivity contribution is -0.147. The first-order chi connectivity index (χ1) is 22.6. The van der Waals surface area contributed by atoms with Crippen LogP contribution in [0.2, 0.25) is 0 Å². The van der Waals surface area contributed by atoms with E-state index in [9.17, 15) is 9.59 Å². The number of rotatable bonds is 37. The Bertz CT molecular complexity index is 579. The van der Waals surface area contributed by atoms with E-state index in [0.29, 0.717) is 50.7 Å². The van der Waals surface area contributed by atoms with Crippen LogP contribution in [0.4, 0.5) is 0 Å². The van der Waals surface area contributed by atoms with Gasteiger partial charge in [-0.25, -0.2) is 0 Å². The fraction of sp³-hybridized carbons (Fsp3) is 0.952. The summed E-state index contributed by atoms with van der Waals surface area (Å²) >= 11 is 0. The van der Waals surface area contributed by atoms with Gasteiger partial charge in [0.1, 0.15) is 0 Å². The molecule has 2 unspecified atom stereocenters. The van der Waals surface area contributed by atoms with E-state index in [4.69, 9.17) is 9.47 Å². The minimum atomic E-state index is -0.0992. The summed E-state index contributed by atoms with van der Waals surface area (Å²) in [5, 5.41) is 0. The molecular weight excluding hydrogens is 568 g/mol. The van der Waals surface area contributed by atoms with Crippen molar-refractivity contribution in [3.8, 4) is 0 Å². The third-order valence-electron chi connectivity index (χ3n) is 9.84. The lowest BCUT2D eigenvalue weighted by Crippen LogP contribution is -2.15.